The summed E-state index contributed by atoms with van der Waals surface area (Å²) in [5, 5.41) is 4.27. The van der Waals surface area contributed by atoms with Crippen molar-refractivity contribution in [2.45, 2.75) is 0 Å². The van der Waals surface area contributed by atoms with Crippen molar-refractivity contribution in [2.75, 3.05) is 0 Å². The zero-order chi connectivity index (χ0) is 11.0. The van der Waals surface area contributed by atoms with Gasteiger partial charge in [0, 0.05) is 24.0 Å². The van der Waals surface area contributed by atoms with Crippen molar-refractivity contribution in [3.05, 3.63) is 53.4 Å². The van der Waals surface area contributed by atoms with Gasteiger partial charge in [-0.25, -0.2) is 9.50 Å². The van der Waals surface area contributed by atoms with Gasteiger partial charge in [0.15, 0.2) is 5.65 Å². The van der Waals surface area contributed by atoms with Crippen LogP contribution in [0.15, 0.2) is 53.4 Å². The Morgan fingerprint density at radius 3 is 2.69 bits per heavy atom. The molecular formula is C12H8BrN3. The lowest BCUT2D eigenvalue weighted by Gasteiger charge is -2.00. The number of hydrogen-bond donors (Lipinski definition) is 0. The standard InChI is InChI=1S/C12H8BrN3/c13-11-6-12-14-7-10(8-16(12)15-11)9-4-2-1-3-5-9/h1-8H. The molecule has 0 fully saturated rings. The first-order chi connectivity index (χ1) is 7.83. The highest BCUT2D eigenvalue weighted by Crippen LogP contribution is 2.19. The van der Waals surface area contributed by atoms with Gasteiger partial charge in [-0.05, 0) is 21.5 Å². The van der Waals surface area contributed by atoms with Crippen LogP contribution in [0, 0.1) is 0 Å². The van der Waals surface area contributed by atoms with Crippen molar-refractivity contribution >= 4 is 21.6 Å². The van der Waals surface area contributed by atoms with E-state index in [4.69, 9.17) is 0 Å². The van der Waals surface area contributed by atoms with Crippen LogP contribution in [0.5, 0.6) is 0 Å². The molecule has 0 saturated carbocycles. The van der Waals surface area contributed by atoms with Gasteiger partial charge in [-0.3, -0.25) is 0 Å². The summed E-state index contributed by atoms with van der Waals surface area (Å²) in [5.41, 5.74) is 3.04. The monoisotopic (exact) mass is 273 g/mol. The lowest BCUT2D eigenvalue weighted by Crippen LogP contribution is -1.90. The fourth-order valence-corrected chi connectivity index (χ4v) is 2.00. The molecule has 2 heterocycles. The Bertz CT molecular complexity index is 631. The van der Waals surface area contributed by atoms with E-state index in [0.29, 0.717) is 0 Å². The molecule has 0 spiro atoms. The minimum absolute atomic E-state index is 0.796. The largest absolute Gasteiger partial charge is 0.236 e. The van der Waals surface area contributed by atoms with E-state index in [-0.39, 0.29) is 0 Å². The molecule has 0 amide bonds. The van der Waals surface area contributed by atoms with Crippen LogP contribution < -0.4 is 0 Å². The smallest absolute Gasteiger partial charge is 0.156 e. The molecule has 0 aliphatic heterocycles. The molecule has 2 aromatic heterocycles. The fourth-order valence-electron chi connectivity index (χ4n) is 1.63. The molecule has 16 heavy (non-hydrogen) atoms. The van der Waals surface area contributed by atoms with Crippen LogP contribution >= 0.6 is 15.9 Å². The molecule has 3 aromatic rings. The summed E-state index contributed by atoms with van der Waals surface area (Å²) in [6.07, 6.45) is 3.83. The second-order valence-corrected chi connectivity index (χ2v) is 4.29. The molecule has 0 radical (unpaired) electrons. The van der Waals surface area contributed by atoms with Crippen molar-refractivity contribution in [1.82, 2.24) is 14.6 Å². The number of hydrogen-bond acceptors (Lipinski definition) is 2. The van der Waals surface area contributed by atoms with Gasteiger partial charge < -0.3 is 0 Å². The predicted molar refractivity (Wildman–Crippen MR) is 66.1 cm³/mol. The first-order valence-electron chi connectivity index (χ1n) is 4.89. The van der Waals surface area contributed by atoms with E-state index < -0.39 is 0 Å². The number of halogens is 1. The average molecular weight is 274 g/mol. The second-order valence-electron chi connectivity index (χ2n) is 3.48. The summed E-state index contributed by atoms with van der Waals surface area (Å²) in [7, 11) is 0. The van der Waals surface area contributed by atoms with Crippen LogP contribution in [0.1, 0.15) is 0 Å². The van der Waals surface area contributed by atoms with Crippen LogP contribution in [0.4, 0.5) is 0 Å². The van der Waals surface area contributed by atoms with E-state index in [2.05, 4.69) is 38.1 Å². The minimum atomic E-state index is 0.796. The first-order valence-corrected chi connectivity index (χ1v) is 5.68. The number of fused-ring (bicyclic) bond motifs is 1. The zero-order valence-corrected chi connectivity index (χ0v) is 9.92. The van der Waals surface area contributed by atoms with E-state index in [1.54, 1.807) is 4.52 Å². The molecule has 0 unspecified atom stereocenters. The molecule has 3 rings (SSSR count). The summed E-state index contributed by atoms with van der Waals surface area (Å²) in [4.78, 5) is 4.35. The fraction of sp³-hybridized carbons (Fsp3) is 0. The Morgan fingerprint density at radius 2 is 1.88 bits per heavy atom. The molecule has 1 aromatic carbocycles. The maximum absolute atomic E-state index is 4.35. The van der Waals surface area contributed by atoms with Gasteiger partial charge in [0.1, 0.15) is 4.60 Å². The molecule has 0 aliphatic rings. The van der Waals surface area contributed by atoms with Gasteiger partial charge >= 0.3 is 0 Å². The van der Waals surface area contributed by atoms with Crippen molar-refractivity contribution in [3.8, 4) is 11.1 Å². The third-order valence-corrected chi connectivity index (χ3v) is 2.78. The van der Waals surface area contributed by atoms with Crippen molar-refractivity contribution < 1.29 is 0 Å². The molecule has 0 N–H and O–H groups in total. The summed E-state index contributed by atoms with van der Waals surface area (Å²) >= 11 is 3.33. The Kier molecular flexibility index (Phi) is 2.22. The summed E-state index contributed by atoms with van der Waals surface area (Å²) in [6, 6.07) is 12.0. The zero-order valence-electron chi connectivity index (χ0n) is 8.34. The molecular weight excluding hydrogens is 266 g/mol. The highest BCUT2D eigenvalue weighted by atomic mass is 79.9. The van der Waals surface area contributed by atoms with Crippen LogP contribution in [0.25, 0.3) is 16.8 Å². The first kappa shape index (κ1) is 9.54. The molecule has 78 valence electrons. The number of benzene rings is 1. The van der Waals surface area contributed by atoms with Crippen molar-refractivity contribution in [2.24, 2.45) is 0 Å². The third-order valence-electron chi connectivity index (χ3n) is 2.39. The van der Waals surface area contributed by atoms with Gasteiger partial charge in [-0.2, -0.15) is 5.10 Å². The van der Waals surface area contributed by atoms with Gasteiger partial charge in [0.25, 0.3) is 0 Å². The number of nitrogens with zero attached hydrogens (tertiary/aromatic N) is 3. The molecule has 0 saturated heterocycles. The SMILES string of the molecule is Brc1cc2ncc(-c3ccccc3)cn2n1. The van der Waals surface area contributed by atoms with Crippen LogP contribution in [-0.2, 0) is 0 Å². The van der Waals surface area contributed by atoms with E-state index >= 15 is 0 Å². The minimum Gasteiger partial charge on any atom is -0.236 e. The average Bonchev–Trinajstić information content (AvgIpc) is 2.69. The summed E-state index contributed by atoms with van der Waals surface area (Å²) < 4.78 is 2.57. The Balaban J connectivity index is 2.18. The maximum Gasteiger partial charge on any atom is 0.156 e. The molecule has 4 heteroatoms. The summed E-state index contributed by atoms with van der Waals surface area (Å²) in [5.74, 6) is 0. The number of aromatic nitrogens is 3. The second kappa shape index (κ2) is 3.72. The summed E-state index contributed by atoms with van der Waals surface area (Å²) in [6.45, 7) is 0. The normalized spacial score (nSPS) is 10.8. The van der Waals surface area contributed by atoms with E-state index in [0.717, 1.165) is 21.4 Å². The molecule has 0 bridgehead atoms. The number of rotatable bonds is 1. The molecule has 0 aliphatic carbocycles. The predicted octanol–water partition coefficient (Wildman–Crippen LogP) is 3.16. The van der Waals surface area contributed by atoms with E-state index in [1.807, 2.05) is 36.7 Å². The highest BCUT2D eigenvalue weighted by molar-refractivity contribution is 9.10. The Hall–Kier alpha value is -1.68. The van der Waals surface area contributed by atoms with E-state index in [1.165, 1.54) is 0 Å². The third kappa shape index (κ3) is 1.61. The van der Waals surface area contributed by atoms with Crippen molar-refractivity contribution in [3.63, 3.8) is 0 Å². The topological polar surface area (TPSA) is 30.2 Å². The van der Waals surface area contributed by atoms with E-state index in [9.17, 15) is 0 Å². The van der Waals surface area contributed by atoms with Crippen LogP contribution in [-0.4, -0.2) is 14.6 Å². The van der Waals surface area contributed by atoms with Gasteiger partial charge in [-0.15, -0.1) is 0 Å². The van der Waals surface area contributed by atoms with Crippen LogP contribution in [0.3, 0.4) is 0 Å². The van der Waals surface area contributed by atoms with Gasteiger partial charge in [0.05, 0.1) is 0 Å². The molecule has 3 nitrogen and oxygen atoms in total. The Morgan fingerprint density at radius 1 is 1.06 bits per heavy atom. The Labute approximate surface area is 101 Å². The van der Waals surface area contributed by atoms with Crippen LogP contribution in [0.2, 0.25) is 0 Å². The lowest BCUT2D eigenvalue weighted by molar-refractivity contribution is 0.929. The lowest BCUT2D eigenvalue weighted by atomic mass is 10.1. The maximum atomic E-state index is 4.35. The quantitative estimate of drug-likeness (QED) is 0.682. The van der Waals surface area contributed by atoms with Crippen molar-refractivity contribution in [1.29, 1.82) is 0 Å². The van der Waals surface area contributed by atoms with Gasteiger partial charge in [0.2, 0.25) is 0 Å². The van der Waals surface area contributed by atoms with Gasteiger partial charge in [-0.1, -0.05) is 30.3 Å². The molecule has 0 atom stereocenters. The highest BCUT2D eigenvalue weighted by Gasteiger charge is 2.02.